The van der Waals surface area contributed by atoms with E-state index in [2.05, 4.69) is 212 Å². The highest BCUT2D eigenvalue weighted by Gasteiger charge is 2.48. The summed E-state index contributed by atoms with van der Waals surface area (Å²) < 4.78 is 0. The molecule has 2 heteroatoms. The van der Waals surface area contributed by atoms with Crippen LogP contribution in [0.15, 0.2) is 218 Å². The zero-order valence-electron chi connectivity index (χ0n) is 32.2. The van der Waals surface area contributed by atoms with Crippen LogP contribution < -0.4 is 0 Å². The van der Waals surface area contributed by atoms with Crippen LogP contribution in [-0.2, 0) is 5.41 Å². The van der Waals surface area contributed by atoms with E-state index >= 15 is 0 Å². The van der Waals surface area contributed by atoms with Gasteiger partial charge in [0, 0.05) is 21.9 Å². The summed E-state index contributed by atoms with van der Waals surface area (Å²) in [5.41, 5.74) is 15.6. The van der Waals surface area contributed by atoms with E-state index in [0.717, 1.165) is 44.3 Å². The molecule has 0 aliphatic heterocycles. The molecule has 0 amide bonds. The van der Waals surface area contributed by atoms with E-state index in [9.17, 15) is 0 Å². The third-order valence-corrected chi connectivity index (χ3v) is 12.5. The second kappa shape index (κ2) is 13.2. The molecule has 1 aliphatic carbocycles. The molecular weight excluding hydrogens is 713 g/mol. The number of hydrogen-bond donors (Lipinski definition) is 0. The van der Waals surface area contributed by atoms with E-state index in [-0.39, 0.29) is 0 Å². The first kappa shape index (κ1) is 33.5. The number of aromatic nitrogens is 2. The van der Waals surface area contributed by atoms with Crippen LogP contribution in [-0.4, -0.2) is 9.97 Å². The number of fused-ring (bicyclic) bond motifs is 9. The minimum absolute atomic E-state index is 0.522. The Morgan fingerprint density at radius 2 is 0.831 bits per heavy atom. The van der Waals surface area contributed by atoms with E-state index in [4.69, 9.17) is 9.97 Å². The second-order valence-corrected chi connectivity index (χ2v) is 15.6. The first-order chi connectivity index (χ1) is 29.3. The molecule has 0 bridgehead atoms. The Bertz CT molecular complexity index is 3390. The average Bonchev–Trinajstić information content (AvgIpc) is 3.64. The summed E-state index contributed by atoms with van der Waals surface area (Å²) in [6, 6.07) is 79.4. The first-order valence-electron chi connectivity index (χ1n) is 20.3. The van der Waals surface area contributed by atoms with Gasteiger partial charge in [0.05, 0.1) is 27.8 Å². The van der Waals surface area contributed by atoms with Gasteiger partial charge in [-0.1, -0.05) is 200 Å². The number of pyridine rings is 2. The van der Waals surface area contributed by atoms with Crippen LogP contribution in [0, 0.1) is 0 Å². The van der Waals surface area contributed by atoms with Gasteiger partial charge in [0.25, 0.3) is 0 Å². The van der Waals surface area contributed by atoms with Crippen molar-refractivity contribution in [2.75, 3.05) is 0 Å². The molecule has 274 valence electrons. The summed E-state index contributed by atoms with van der Waals surface area (Å²) in [7, 11) is 0. The predicted octanol–water partition coefficient (Wildman–Crippen LogP) is 14.5. The molecular formula is C57H36N2. The molecule has 2 nitrogen and oxygen atoms in total. The van der Waals surface area contributed by atoms with Crippen molar-refractivity contribution in [3.05, 3.63) is 241 Å². The lowest BCUT2D eigenvalue weighted by Crippen LogP contribution is -2.28. The molecule has 1 aliphatic rings. The lowest BCUT2D eigenvalue weighted by Gasteiger charge is -2.35. The van der Waals surface area contributed by atoms with E-state index in [1.807, 2.05) is 6.07 Å². The average molecular weight is 749 g/mol. The van der Waals surface area contributed by atoms with Gasteiger partial charge in [-0.25, -0.2) is 9.97 Å². The quantitative estimate of drug-likeness (QED) is 0.164. The van der Waals surface area contributed by atoms with Gasteiger partial charge in [-0.2, -0.15) is 0 Å². The van der Waals surface area contributed by atoms with Gasteiger partial charge >= 0.3 is 0 Å². The van der Waals surface area contributed by atoms with Gasteiger partial charge < -0.3 is 0 Å². The summed E-state index contributed by atoms with van der Waals surface area (Å²) >= 11 is 0. The van der Waals surface area contributed by atoms with Crippen LogP contribution in [0.1, 0.15) is 22.3 Å². The summed E-state index contributed by atoms with van der Waals surface area (Å²) in [4.78, 5) is 10.6. The first-order valence-corrected chi connectivity index (χ1v) is 20.3. The smallest absolute Gasteiger partial charge is 0.0972 e. The minimum atomic E-state index is -0.522. The maximum absolute atomic E-state index is 5.41. The van der Waals surface area contributed by atoms with Crippen LogP contribution in [0.4, 0.5) is 0 Å². The molecule has 12 rings (SSSR count). The highest BCUT2D eigenvalue weighted by atomic mass is 14.8. The number of benzene rings is 9. The zero-order chi connectivity index (χ0) is 38.9. The van der Waals surface area contributed by atoms with E-state index in [1.165, 1.54) is 66.1 Å². The van der Waals surface area contributed by atoms with Crippen LogP contribution in [0.3, 0.4) is 0 Å². The maximum Gasteiger partial charge on any atom is 0.0972 e. The molecule has 9 aromatic carbocycles. The molecule has 2 heterocycles. The van der Waals surface area contributed by atoms with Crippen molar-refractivity contribution < 1.29 is 0 Å². The molecule has 0 radical (unpaired) electrons. The molecule has 0 spiro atoms. The summed E-state index contributed by atoms with van der Waals surface area (Å²) in [5.74, 6) is 0. The maximum atomic E-state index is 5.41. The van der Waals surface area contributed by atoms with Crippen molar-refractivity contribution in [1.29, 1.82) is 0 Å². The van der Waals surface area contributed by atoms with Crippen molar-refractivity contribution in [2.45, 2.75) is 5.41 Å². The van der Waals surface area contributed by atoms with Gasteiger partial charge in [0.15, 0.2) is 0 Å². The Morgan fingerprint density at radius 1 is 0.322 bits per heavy atom. The number of hydrogen-bond acceptors (Lipinski definition) is 2. The molecule has 0 atom stereocenters. The van der Waals surface area contributed by atoms with Crippen LogP contribution in [0.2, 0.25) is 0 Å². The van der Waals surface area contributed by atoms with Gasteiger partial charge in [-0.05, 0) is 84.3 Å². The molecule has 59 heavy (non-hydrogen) atoms. The third kappa shape index (κ3) is 5.00. The molecule has 0 N–H and O–H groups in total. The molecule has 2 aromatic heterocycles. The largest absolute Gasteiger partial charge is 0.245 e. The molecule has 0 saturated heterocycles. The lowest BCUT2D eigenvalue weighted by molar-refractivity contribution is 0.775. The molecule has 11 aromatic rings. The normalized spacial score (nSPS) is 12.9. The van der Waals surface area contributed by atoms with Gasteiger partial charge in [-0.15, -0.1) is 0 Å². The Balaban J connectivity index is 1.12. The standard InChI is InChI=1S/C57H36N2/c1-4-16-37(17-5-1)51-34-30-38-28-29-39-31-35-52(59-56(39)55(38)58-51)47-33-32-46(44-24-12-13-25-45(44)47)49-36-40-18-10-11-23-43(40)54-53(49)48-26-14-15-27-50(48)57(54,41-19-6-2-7-20-41)42-21-8-3-9-22-42/h1-36H. The summed E-state index contributed by atoms with van der Waals surface area (Å²) in [6.45, 7) is 0. The SMILES string of the molecule is c1ccc(-c2ccc3ccc4ccc(-c5ccc(-c6cc7ccccc7c7c6-c6ccccc6C7(c6ccccc6)c6ccccc6)c6ccccc56)nc4c3n2)cc1. The van der Waals surface area contributed by atoms with Gasteiger partial charge in [0.2, 0.25) is 0 Å². The zero-order valence-corrected chi connectivity index (χ0v) is 32.2. The Morgan fingerprint density at radius 3 is 1.53 bits per heavy atom. The predicted molar refractivity (Wildman–Crippen MR) is 246 cm³/mol. The molecule has 0 fully saturated rings. The Hall–Kier alpha value is -7.68. The van der Waals surface area contributed by atoms with E-state index in [1.54, 1.807) is 0 Å². The fourth-order valence-electron chi connectivity index (χ4n) is 9.98. The monoisotopic (exact) mass is 748 g/mol. The fourth-order valence-corrected chi connectivity index (χ4v) is 9.98. The van der Waals surface area contributed by atoms with Crippen molar-refractivity contribution in [1.82, 2.24) is 9.97 Å². The van der Waals surface area contributed by atoms with Crippen molar-refractivity contribution in [3.8, 4) is 44.8 Å². The van der Waals surface area contributed by atoms with Crippen molar-refractivity contribution in [3.63, 3.8) is 0 Å². The van der Waals surface area contributed by atoms with E-state index < -0.39 is 5.41 Å². The number of rotatable bonds is 5. The van der Waals surface area contributed by atoms with Gasteiger partial charge in [-0.3, -0.25) is 0 Å². The van der Waals surface area contributed by atoms with Crippen LogP contribution in [0.5, 0.6) is 0 Å². The summed E-state index contributed by atoms with van der Waals surface area (Å²) in [5, 5.41) is 7.01. The topological polar surface area (TPSA) is 25.8 Å². The van der Waals surface area contributed by atoms with Crippen molar-refractivity contribution >= 4 is 43.4 Å². The van der Waals surface area contributed by atoms with Crippen LogP contribution in [0.25, 0.3) is 88.1 Å². The Labute approximate surface area is 342 Å². The second-order valence-electron chi connectivity index (χ2n) is 15.6. The third-order valence-electron chi connectivity index (χ3n) is 12.5. The lowest BCUT2D eigenvalue weighted by atomic mass is 9.66. The summed E-state index contributed by atoms with van der Waals surface area (Å²) in [6.07, 6.45) is 0. The highest BCUT2D eigenvalue weighted by molar-refractivity contribution is 6.13. The van der Waals surface area contributed by atoms with Gasteiger partial charge in [0.1, 0.15) is 0 Å². The molecule has 0 saturated carbocycles. The Kier molecular flexibility index (Phi) is 7.48. The van der Waals surface area contributed by atoms with Crippen LogP contribution >= 0.6 is 0 Å². The molecule has 0 unspecified atom stereocenters. The minimum Gasteiger partial charge on any atom is -0.245 e. The highest BCUT2D eigenvalue weighted by Crippen LogP contribution is 2.60. The van der Waals surface area contributed by atoms with Crippen molar-refractivity contribution in [2.24, 2.45) is 0 Å². The fraction of sp³-hybridized carbons (Fsp3) is 0.0175. The van der Waals surface area contributed by atoms with E-state index in [0.29, 0.717) is 0 Å². The number of nitrogens with zero attached hydrogens (tertiary/aromatic N) is 2.